The van der Waals surface area contributed by atoms with Crippen LogP contribution in [0.1, 0.15) is 46.6 Å². The molecule has 2 atom stereocenters. The van der Waals surface area contributed by atoms with Gasteiger partial charge in [0.15, 0.2) is 0 Å². The van der Waals surface area contributed by atoms with Gasteiger partial charge < -0.3 is 10.2 Å². The molecule has 0 aliphatic carbocycles. The summed E-state index contributed by atoms with van der Waals surface area (Å²) in [7, 11) is 0. The van der Waals surface area contributed by atoms with Crippen LogP contribution in [0, 0.1) is 0 Å². The first-order valence-corrected chi connectivity index (χ1v) is 7.77. The number of benzene rings is 1. The largest absolute Gasteiger partial charge is 0.433 e. The molecular formula is C17H12F9NO2. The van der Waals surface area contributed by atoms with E-state index in [4.69, 9.17) is 0 Å². The Hall–Kier alpha value is -2.34. The van der Waals surface area contributed by atoms with Crippen LogP contribution in [-0.4, -0.2) is 15.2 Å². The zero-order valence-corrected chi connectivity index (χ0v) is 14.1. The molecule has 0 saturated heterocycles. The zero-order valence-electron chi connectivity index (χ0n) is 14.1. The van der Waals surface area contributed by atoms with Crippen molar-refractivity contribution in [3.05, 3.63) is 64.5 Å². The molecular weight excluding hydrogens is 421 g/mol. The Morgan fingerprint density at radius 2 is 1.17 bits per heavy atom. The molecule has 0 amide bonds. The molecule has 0 saturated carbocycles. The Bertz CT molecular complexity index is 827. The van der Waals surface area contributed by atoms with Crippen LogP contribution in [0.2, 0.25) is 0 Å². The lowest BCUT2D eigenvalue weighted by Crippen LogP contribution is -2.14. The van der Waals surface area contributed by atoms with Crippen LogP contribution in [0.4, 0.5) is 39.5 Å². The van der Waals surface area contributed by atoms with Crippen molar-refractivity contribution >= 4 is 0 Å². The topological polar surface area (TPSA) is 53.4 Å². The number of hydrogen-bond donors (Lipinski definition) is 2. The number of pyridine rings is 1. The first-order valence-electron chi connectivity index (χ1n) is 7.77. The summed E-state index contributed by atoms with van der Waals surface area (Å²) in [6.07, 6.45) is -19.1. The van der Waals surface area contributed by atoms with Gasteiger partial charge in [-0.25, -0.2) is 0 Å². The van der Waals surface area contributed by atoms with Crippen LogP contribution in [0.25, 0.3) is 0 Å². The van der Waals surface area contributed by atoms with Gasteiger partial charge in [0.1, 0.15) is 5.69 Å². The second kappa shape index (κ2) is 7.82. The number of halogens is 9. The van der Waals surface area contributed by atoms with Gasteiger partial charge in [-0.1, -0.05) is 0 Å². The third-order valence-electron chi connectivity index (χ3n) is 3.90. The van der Waals surface area contributed by atoms with Gasteiger partial charge in [-0.2, -0.15) is 39.5 Å². The number of alkyl halides is 9. The smallest absolute Gasteiger partial charge is 0.388 e. The van der Waals surface area contributed by atoms with Gasteiger partial charge in [-0.05, 0) is 41.5 Å². The lowest BCUT2D eigenvalue weighted by atomic mass is 9.95. The van der Waals surface area contributed by atoms with E-state index < -0.39 is 59.5 Å². The van der Waals surface area contributed by atoms with Crippen molar-refractivity contribution in [2.45, 2.75) is 37.2 Å². The fourth-order valence-corrected chi connectivity index (χ4v) is 2.46. The van der Waals surface area contributed by atoms with Crippen molar-refractivity contribution in [1.29, 1.82) is 0 Å². The van der Waals surface area contributed by atoms with E-state index in [2.05, 4.69) is 4.98 Å². The summed E-state index contributed by atoms with van der Waals surface area (Å²) in [6, 6.07) is 1.86. The van der Waals surface area contributed by atoms with Gasteiger partial charge in [-0.3, -0.25) is 4.98 Å². The number of aromatic nitrogens is 1. The zero-order chi connectivity index (χ0) is 22.2. The second-order valence-electron chi connectivity index (χ2n) is 6.08. The summed E-state index contributed by atoms with van der Waals surface area (Å²) in [6.45, 7) is 0. The first kappa shape index (κ1) is 22.9. The molecule has 0 radical (unpaired) electrons. The summed E-state index contributed by atoms with van der Waals surface area (Å²) in [5, 5.41) is 20.0. The van der Waals surface area contributed by atoms with E-state index >= 15 is 0 Å². The highest BCUT2D eigenvalue weighted by molar-refractivity contribution is 5.35. The quantitative estimate of drug-likeness (QED) is 0.644. The Balaban J connectivity index is 2.34. The molecule has 2 unspecified atom stereocenters. The molecule has 0 bridgehead atoms. The Labute approximate surface area is 157 Å². The van der Waals surface area contributed by atoms with Gasteiger partial charge >= 0.3 is 18.5 Å². The molecule has 12 heteroatoms. The summed E-state index contributed by atoms with van der Waals surface area (Å²) in [5.74, 6) is 0. The maximum Gasteiger partial charge on any atom is 0.433 e. The average molecular weight is 433 g/mol. The third kappa shape index (κ3) is 5.82. The Morgan fingerprint density at radius 3 is 1.62 bits per heavy atom. The van der Waals surface area contributed by atoms with Gasteiger partial charge in [0, 0.05) is 12.6 Å². The monoisotopic (exact) mass is 433 g/mol. The minimum atomic E-state index is -5.14. The van der Waals surface area contributed by atoms with Crippen molar-refractivity contribution in [3.8, 4) is 0 Å². The van der Waals surface area contributed by atoms with Crippen molar-refractivity contribution in [1.82, 2.24) is 4.98 Å². The molecule has 0 fully saturated rings. The number of aliphatic hydroxyl groups excluding tert-OH is 2. The molecule has 1 aromatic carbocycles. The average Bonchev–Trinajstić information content (AvgIpc) is 2.59. The molecule has 0 spiro atoms. The minimum absolute atomic E-state index is 0.134. The predicted molar refractivity (Wildman–Crippen MR) is 80.2 cm³/mol. The van der Waals surface area contributed by atoms with Crippen molar-refractivity contribution in [2.24, 2.45) is 0 Å². The maximum atomic E-state index is 12.9. The number of nitrogens with zero attached hydrogens (tertiary/aromatic N) is 1. The van der Waals surface area contributed by atoms with Crippen LogP contribution in [-0.2, 0) is 18.5 Å². The molecule has 2 aromatic rings. The highest BCUT2D eigenvalue weighted by atomic mass is 19.4. The standard InChI is InChI=1S/C17H12F9NO2/c18-15(19,20)10-3-9(4-11(6-10)16(21,22)23)13(29)7-12(28)8-1-2-27-14(5-8)17(24,25)26/h1-6,12-13,28-29H,7H2. The second-order valence-corrected chi connectivity index (χ2v) is 6.08. The summed E-state index contributed by atoms with van der Waals surface area (Å²) in [4.78, 5) is 3.06. The van der Waals surface area contributed by atoms with E-state index in [0.29, 0.717) is 6.07 Å². The summed E-state index contributed by atoms with van der Waals surface area (Å²) >= 11 is 0. The van der Waals surface area contributed by atoms with E-state index in [1.165, 1.54) is 0 Å². The Morgan fingerprint density at radius 1 is 0.690 bits per heavy atom. The van der Waals surface area contributed by atoms with E-state index in [9.17, 15) is 49.7 Å². The molecule has 1 aromatic heterocycles. The molecule has 160 valence electrons. The van der Waals surface area contributed by atoms with Crippen LogP contribution in [0.3, 0.4) is 0 Å². The van der Waals surface area contributed by atoms with Crippen LogP contribution < -0.4 is 0 Å². The normalized spacial score (nSPS) is 15.3. The SMILES string of the molecule is OC(CC(O)c1ccnc(C(F)(F)F)c1)c1cc(C(F)(F)F)cc(C(F)(F)F)c1. The summed E-state index contributed by atoms with van der Waals surface area (Å²) in [5.41, 5.74) is -5.86. The van der Waals surface area contributed by atoms with E-state index in [1.54, 1.807) is 0 Å². The predicted octanol–water partition coefficient (Wildman–Crippen LogP) is 5.30. The molecule has 2 rings (SSSR count). The number of rotatable bonds is 4. The molecule has 3 nitrogen and oxygen atoms in total. The maximum absolute atomic E-state index is 12.9. The van der Waals surface area contributed by atoms with E-state index in [-0.39, 0.29) is 23.8 Å². The van der Waals surface area contributed by atoms with Crippen molar-refractivity contribution in [3.63, 3.8) is 0 Å². The van der Waals surface area contributed by atoms with Crippen molar-refractivity contribution < 1.29 is 49.7 Å². The number of aliphatic hydroxyl groups is 2. The minimum Gasteiger partial charge on any atom is -0.388 e. The van der Waals surface area contributed by atoms with Crippen LogP contribution >= 0.6 is 0 Å². The molecule has 2 N–H and O–H groups in total. The highest BCUT2D eigenvalue weighted by Crippen LogP contribution is 2.39. The van der Waals surface area contributed by atoms with Gasteiger partial charge in [0.2, 0.25) is 0 Å². The van der Waals surface area contributed by atoms with Gasteiger partial charge in [-0.15, -0.1) is 0 Å². The summed E-state index contributed by atoms with van der Waals surface area (Å²) < 4.78 is 115. The first-order chi connectivity index (χ1) is 13.1. The number of hydrogen-bond acceptors (Lipinski definition) is 3. The third-order valence-corrected chi connectivity index (χ3v) is 3.90. The van der Waals surface area contributed by atoms with Crippen LogP contribution in [0.5, 0.6) is 0 Å². The lowest BCUT2D eigenvalue weighted by Gasteiger charge is -2.20. The van der Waals surface area contributed by atoms with E-state index in [0.717, 1.165) is 12.3 Å². The highest BCUT2D eigenvalue weighted by Gasteiger charge is 2.38. The lowest BCUT2D eigenvalue weighted by molar-refractivity contribution is -0.143. The fraction of sp³-hybridized carbons (Fsp3) is 0.353. The van der Waals surface area contributed by atoms with Gasteiger partial charge in [0.25, 0.3) is 0 Å². The molecule has 0 aliphatic rings. The van der Waals surface area contributed by atoms with Crippen LogP contribution in [0.15, 0.2) is 36.5 Å². The Kier molecular flexibility index (Phi) is 6.19. The van der Waals surface area contributed by atoms with Gasteiger partial charge in [0.05, 0.1) is 23.3 Å². The molecule has 29 heavy (non-hydrogen) atoms. The molecule has 0 aliphatic heterocycles. The van der Waals surface area contributed by atoms with E-state index in [1.807, 2.05) is 0 Å². The van der Waals surface area contributed by atoms with Crippen molar-refractivity contribution in [2.75, 3.05) is 0 Å². The molecule has 1 heterocycles. The fourth-order valence-electron chi connectivity index (χ4n) is 2.46.